The molecule has 1 aliphatic heterocycles. The summed E-state index contributed by atoms with van der Waals surface area (Å²) in [5, 5.41) is 2.99. The van der Waals surface area contributed by atoms with Gasteiger partial charge < -0.3 is 5.32 Å². The summed E-state index contributed by atoms with van der Waals surface area (Å²) in [5.74, 6) is 0.230. The van der Waals surface area contributed by atoms with Gasteiger partial charge >= 0.3 is 0 Å². The molecule has 0 spiro atoms. The van der Waals surface area contributed by atoms with Gasteiger partial charge in [-0.25, -0.2) is 18.1 Å². The van der Waals surface area contributed by atoms with E-state index >= 15 is 0 Å². The zero-order valence-electron chi connectivity index (χ0n) is 10.9. The Morgan fingerprint density at radius 1 is 1.10 bits per heavy atom. The van der Waals surface area contributed by atoms with E-state index < -0.39 is 10.0 Å². The minimum atomic E-state index is -3.59. The predicted molar refractivity (Wildman–Crippen MR) is 85.7 cm³/mol. The molecule has 3 rings (SSSR count). The van der Waals surface area contributed by atoms with Crippen molar-refractivity contribution in [3.05, 3.63) is 58.6 Å². The van der Waals surface area contributed by atoms with Gasteiger partial charge in [-0.3, -0.25) is 0 Å². The summed E-state index contributed by atoms with van der Waals surface area (Å²) < 4.78 is 27.5. The molecule has 1 heterocycles. The smallest absolute Gasteiger partial charge is 0.266 e. The van der Waals surface area contributed by atoms with Crippen LogP contribution in [0.3, 0.4) is 0 Å². The molecule has 108 valence electrons. The molecule has 0 atom stereocenters. The fourth-order valence-corrected chi connectivity index (χ4v) is 3.67. The van der Waals surface area contributed by atoms with E-state index in [1.54, 1.807) is 18.2 Å². The number of anilines is 1. The summed E-state index contributed by atoms with van der Waals surface area (Å²) in [6, 6.07) is 14.7. The highest BCUT2D eigenvalue weighted by atomic mass is 79.9. The summed E-state index contributed by atoms with van der Waals surface area (Å²) in [6.07, 6.45) is 0. The van der Waals surface area contributed by atoms with Crippen LogP contribution in [-0.4, -0.2) is 14.4 Å². The molecule has 0 amide bonds. The Kier molecular flexibility index (Phi) is 3.69. The highest BCUT2D eigenvalue weighted by molar-refractivity contribution is 9.10. The Labute approximate surface area is 131 Å². The molecule has 1 aliphatic rings. The first-order valence-electron chi connectivity index (χ1n) is 6.22. The van der Waals surface area contributed by atoms with Gasteiger partial charge in [-0.15, -0.1) is 0 Å². The van der Waals surface area contributed by atoms with Gasteiger partial charge in [0.05, 0.1) is 12.2 Å². The van der Waals surface area contributed by atoms with Crippen LogP contribution in [0, 0.1) is 0 Å². The second kappa shape index (κ2) is 5.50. The normalized spacial score (nSPS) is 17.7. The van der Waals surface area contributed by atoms with Crippen molar-refractivity contribution in [2.24, 2.45) is 4.99 Å². The van der Waals surface area contributed by atoms with Crippen LogP contribution in [0.4, 0.5) is 5.69 Å². The number of benzene rings is 2. The molecular formula is C14H12BrN3O2S. The third kappa shape index (κ3) is 3.08. The van der Waals surface area contributed by atoms with Crippen LogP contribution in [0.15, 0.2) is 62.9 Å². The number of hydrogen-bond donors (Lipinski definition) is 2. The summed E-state index contributed by atoms with van der Waals surface area (Å²) >= 11 is 3.27. The van der Waals surface area contributed by atoms with Crippen LogP contribution in [0.5, 0.6) is 0 Å². The number of guanidine groups is 1. The van der Waals surface area contributed by atoms with Crippen LogP contribution in [0.1, 0.15) is 5.56 Å². The maximum Gasteiger partial charge on any atom is 0.266 e. The van der Waals surface area contributed by atoms with Gasteiger partial charge in [0.1, 0.15) is 4.90 Å². The third-order valence-electron chi connectivity index (χ3n) is 2.98. The monoisotopic (exact) mass is 365 g/mol. The number of fused-ring (bicyclic) bond motifs is 1. The van der Waals surface area contributed by atoms with Crippen molar-refractivity contribution in [2.75, 3.05) is 5.32 Å². The molecule has 0 fully saturated rings. The summed E-state index contributed by atoms with van der Waals surface area (Å²) in [5.41, 5.74) is 1.52. The van der Waals surface area contributed by atoms with Gasteiger partial charge in [0.15, 0.2) is 0 Å². The van der Waals surface area contributed by atoms with Gasteiger partial charge in [-0.2, -0.15) is 0 Å². The largest absolute Gasteiger partial charge is 0.324 e. The average molecular weight is 366 g/mol. The van der Waals surface area contributed by atoms with E-state index in [9.17, 15) is 8.42 Å². The highest BCUT2D eigenvalue weighted by Crippen LogP contribution is 2.27. The maximum atomic E-state index is 12.2. The van der Waals surface area contributed by atoms with Crippen LogP contribution >= 0.6 is 15.9 Å². The van der Waals surface area contributed by atoms with Crippen molar-refractivity contribution in [3.8, 4) is 0 Å². The molecule has 0 aliphatic carbocycles. The molecule has 0 saturated heterocycles. The summed E-state index contributed by atoms with van der Waals surface area (Å²) in [4.78, 5) is 4.48. The molecular weight excluding hydrogens is 354 g/mol. The Morgan fingerprint density at radius 2 is 1.86 bits per heavy atom. The molecule has 0 bridgehead atoms. The standard InChI is InChI=1S/C14H12BrN3O2S/c15-11-6-7-12-13(8-11)21(19,20)18-14(17-12)16-9-10-4-2-1-3-5-10/h1-8H,9H2,(H2,16,17,18). The van der Waals surface area contributed by atoms with Crippen LogP contribution in [-0.2, 0) is 16.6 Å². The minimum Gasteiger partial charge on any atom is -0.324 e. The first kappa shape index (κ1) is 14.1. The van der Waals surface area contributed by atoms with E-state index in [0.29, 0.717) is 16.7 Å². The molecule has 0 radical (unpaired) electrons. The first-order chi connectivity index (χ1) is 10.0. The summed E-state index contributed by atoms with van der Waals surface area (Å²) in [6.45, 7) is 0.400. The van der Waals surface area contributed by atoms with Gasteiger partial charge in [-0.1, -0.05) is 46.3 Å². The lowest BCUT2D eigenvalue weighted by molar-refractivity contribution is 0.591. The van der Waals surface area contributed by atoms with E-state index in [1.165, 1.54) is 0 Å². The lowest BCUT2D eigenvalue weighted by atomic mass is 10.2. The van der Waals surface area contributed by atoms with Crippen LogP contribution < -0.4 is 10.0 Å². The van der Waals surface area contributed by atoms with Crippen molar-refractivity contribution < 1.29 is 8.42 Å². The number of rotatable bonds is 2. The average Bonchev–Trinajstić information content (AvgIpc) is 2.47. The molecule has 2 aromatic rings. The number of nitrogens with one attached hydrogen (secondary N) is 2. The van der Waals surface area contributed by atoms with Gasteiger partial charge in [-0.05, 0) is 23.8 Å². The van der Waals surface area contributed by atoms with E-state index in [-0.39, 0.29) is 10.9 Å². The predicted octanol–water partition coefficient (Wildman–Crippen LogP) is 2.71. The molecule has 2 aromatic carbocycles. The SMILES string of the molecule is O=S1(=O)NC(=NCc2ccccc2)Nc2ccc(Br)cc21. The van der Waals surface area contributed by atoms with Crippen molar-refractivity contribution in [2.45, 2.75) is 11.4 Å². The zero-order valence-corrected chi connectivity index (χ0v) is 13.3. The lowest BCUT2D eigenvalue weighted by Gasteiger charge is -2.21. The van der Waals surface area contributed by atoms with E-state index in [1.807, 2.05) is 30.3 Å². The second-order valence-corrected chi connectivity index (χ2v) is 7.09. The molecule has 21 heavy (non-hydrogen) atoms. The van der Waals surface area contributed by atoms with Crippen molar-refractivity contribution >= 4 is 37.6 Å². The number of halogens is 1. The van der Waals surface area contributed by atoms with E-state index in [4.69, 9.17) is 0 Å². The fraction of sp³-hybridized carbons (Fsp3) is 0.0714. The Balaban J connectivity index is 1.90. The molecule has 2 N–H and O–H groups in total. The van der Waals surface area contributed by atoms with Crippen LogP contribution in [0.2, 0.25) is 0 Å². The quantitative estimate of drug-likeness (QED) is 0.859. The van der Waals surface area contributed by atoms with Crippen LogP contribution in [0.25, 0.3) is 0 Å². The van der Waals surface area contributed by atoms with Gasteiger partial charge in [0.25, 0.3) is 10.0 Å². The topological polar surface area (TPSA) is 70.6 Å². The first-order valence-corrected chi connectivity index (χ1v) is 8.50. The second-order valence-electron chi connectivity index (χ2n) is 4.52. The number of hydrogen-bond acceptors (Lipinski definition) is 3. The minimum absolute atomic E-state index is 0.204. The van der Waals surface area contributed by atoms with Gasteiger partial charge in [0, 0.05) is 4.47 Å². The fourth-order valence-electron chi connectivity index (χ4n) is 1.98. The van der Waals surface area contributed by atoms with Crippen molar-refractivity contribution in [3.63, 3.8) is 0 Å². The molecule has 0 saturated carbocycles. The molecule has 7 heteroatoms. The zero-order chi connectivity index (χ0) is 14.9. The molecule has 0 unspecified atom stereocenters. The Hall–Kier alpha value is -1.86. The van der Waals surface area contributed by atoms with E-state index in [2.05, 4.69) is 31.0 Å². The van der Waals surface area contributed by atoms with Crippen molar-refractivity contribution in [1.29, 1.82) is 0 Å². The lowest BCUT2D eigenvalue weighted by Crippen LogP contribution is -2.40. The molecule has 0 aromatic heterocycles. The van der Waals surface area contributed by atoms with Gasteiger partial charge in [0.2, 0.25) is 5.96 Å². The third-order valence-corrected chi connectivity index (χ3v) is 4.85. The van der Waals surface area contributed by atoms with Crippen molar-refractivity contribution in [1.82, 2.24) is 4.72 Å². The van der Waals surface area contributed by atoms with E-state index in [0.717, 1.165) is 5.56 Å². The number of aliphatic imine (C=N–C) groups is 1. The Morgan fingerprint density at radius 3 is 2.62 bits per heavy atom. The number of sulfonamides is 1. The highest BCUT2D eigenvalue weighted by Gasteiger charge is 2.26. The Bertz CT molecular complexity index is 804. The maximum absolute atomic E-state index is 12.2. The molecule has 5 nitrogen and oxygen atoms in total. The number of nitrogens with zero attached hydrogens (tertiary/aromatic N) is 1. The summed E-state index contributed by atoms with van der Waals surface area (Å²) in [7, 11) is -3.59.